The summed E-state index contributed by atoms with van der Waals surface area (Å²) in [5.41, 5.74) is 0. The van der Waals surface area contributed by atoms with E-state index in [0.717, 1.165) is 32.3 Å². The van der Waals surface area contributed by atoms with E-state index in [-0.39, 0.29) is 17.0 Å². The summed E-state index contributed by atoms with van der Waals surface area (Å²) in [5, 5.41) is 5.68. The van der Waals surface area contributed by atoms with E-state index in [1.165, 1.54) is 10.4 Å². The number of benzene rings is 2. The molecule has 2 aromatic carbocycles. The van der Waals surface area contributed by atoms with Crippen LogP contribution in [-0.4, -0.2) is 26.9 Å². The van der Waals surface area contributed by atoms with E-state index >= 15 is 0 Å². The van der Waals surface area contributed by atoms with Crippen molar-refractivity contribution in [2.45, 2.75) is 64.0 Å². The number of hydrogen-bond donors (Lipinski definition) is 1. The summed E-state index contributed by atoms with van der Waals surface area (Å²) < 4.78 is 6.92. The molecule has 1 heterocycles. The lowest BCUT2D eigenvalue weighted by Gasteiger charge is -2.43. The first-order valence-electron chi connectivity index (χ1n) is 11.1. The van der Waals surface area contributed by atoms with Crippen molar-refractivity contribution in [2.75, 3.05) is 6.61 Å². The van der Waals surface area contributed by atoms with E-state index in [2.05, 4.69) is 98.9 Å². The Bertz CT molecular complexity index is 788. The van der Waals surface area contributed by atoms with Crippen LogP contribution in [0.4, 0.5) is 0 Å². The third kappa shape index (κ3) is 5.30. The first-order valence-corrected chi connectivity index (χ1v) is 13.1. The molecule has 0 saturated carbocycles. The molecule has 1 saturated heterocycles. The van der Waals surface area contributed by atoms with Crippen molar-refractivity contribution in [1.82, 2.24) is 5.32 Å². The van der Waals surface area contributed by atoms with Crippen molar-refractivity contribution in [3.8, 4) is 0 Å². The molecule has 0 spiro atoms. The van der Waals surface area contributed by atoms with E-state index < -0.39 is 8.32 Å². The average Bonchev–Trinajstić information content (AvgIpc) is 3.15. The van der Waals surface area contributed by atoms with Crippen LogP contribution in [0.15, 0.2) is 72.8 Å². The zero-order valence-corrected chi connectivity index (χ0v) is 19.6. The van der Waals surface area contributed by atoms with Crippen LogP contribution in [0, 0.1) is 0 Å². The summed E-state index contributed by atoms with van der Waals surface area (Å²) >= 11 is 0. The second-order valence-corrected chi connectivity index (χ2v) is 13.5. The van der Waals surface area contributed by atoms with Gasteiger partial charge in [0.15, 0.2) is 0 Å². The van der Waals surface area contributed by atoms with Gasteiger partial charge in [0.2, 0.25) is 5.91 Å². The van der Waals surface area contributed by atoms with Gasteiger partial charge in [-0.3, -0.25) is 4.79 Å². The van der Waals surface area contributed by atoms with Crippen LogP contribution >= 0.6 is 0 Å². The van der Waals surface area contributed by atoms with Gasteiger partial charge in [-0.15, -0.1) is 0 Å². The van der Waals surface area contributed by atoms with Crippen molar-refractivity contribution in [2.24, 2.45) is 0 Å². The first kappa shape index (κ1) is 22.5. The zero-order valence-electron chi connectivity index (χ0n) is 18.6. The highest BCUT2D eigenvalue weighted by Gasteiger charge is 2.49. The SMILES string of the molecule is CC(C)(C)[Si](OCCCC/C=C\[C@@H]1CCC(=O)N1)(c1ccccc1)c1ccccc1. The Morgan fingerprint density at radius 1 is 1.00 bits per heavy atom. The Morgan fingerprint density at radius 2 is 1.60 bits per heavy atom. The van der Waals surface area contributed by atoms with Crippen molar-refractivity contribution in [1.29, 1.82) is 0 Å². The molecule has 1 aliphatic heterocycles. The first-order chi connectivity index (χ1) is 14.4. The van der Waals surface area contributed by atoms with Gasteiger partial charge in [-0.2, -0.15) is 0 Å². The number of allylic oxidation sites excluding steroid dienone is 1. The number of nitrogens with one attached hydrogen (secondary N) is 1. The molecule has 4 heteroatoms. The van der Waals surface area contributed by atoms with Crippen LogP contribution in [0.5, 0.6) is 0 Å². The number of carbonyl (C=O) groups excluding carboxylic acids is 1. The Kier molecular flexibility index (Phi) is 7.67. The third-order valence-electron chi connectivity index (χ3n) is 5.90. The van der Waals surface area contributed by atoms with Gasteiger partial charge in [0.05, 0.1) is 0 Å². The Morgan fingerprint density at radius 3 is 2.10 bits per heavy atom. The Labute approximate surface area is 182 Å². The summed E-state index contributed by atoms with van der Waals surface area (Å²) in [6, 6.07) is 21.8. The molecule has 1 aliphatic rings. The molecule has 0 radical (unpaired) electrons. The van der Waals surface area contributed by atoms with Gasteiger partial charge >= 0.3 is 0 Å². The Balaban J connectivity index is 1.66. The second-order valence-electron chi connectivity index (χ2n) is 9.15. The normalized spacial score (nSPS) is 17.4. The van der Waals surface area contributed by atoms with Crippen molar-refractivity contribution >= 4 is 24.6 Å². The lowest BCUT2D eigenvalue weighted by molar-refractivity contribution is -0.119. The Hall–Kier alpha value is -2.17. The number of unbranched alkanes of at least 4 members (excludes halogenated alkanes) is 2. The molecule has 30 heavy (non-hydrogen) atoms. The molecule has 1 atom stereocenters. The topological polar surface area (TPSA) is 38.3 Å². The number of hydrogen-bond acceptors (Lipinski definition) is 2. The van der Waals surface area contributed by atoms with E-state index in [9.17, 15) is 4.79 Å². The van der Waals surface area contributed by atoms with Gasteiger partial charge < -0.3 is 9.74 Å². The van der Waals surface area contributed by atoms with Crippen LogP contribution < -0.4 is 15.7 Å². The summed E-state index contributed by atoms with van der Waals surface area (Å²) in [4.78, 5) is 11.3. The molecular formula is C26H35NO2Si. The van der Waals surface area contributed by atoms with Crippen LogP contribution in [0.3, 0.4) is 0 Å². The zero-order chi connectivity index (χ0) is 21.5. The number of carbonyl (C=O) groups is 1. The predicted octanol–water partition coefficient (Wildman–Crippen LogP) is 4.57. The van der Waals surface area contributed by atoms with E-state index in [1.807, 2.05) is 0 Å². The largest absolute Gasteiger partial charge is 0.407 e. The molecule has 0 aromatic heterocycles. The fourth-order valence-corrected chi connectivity index (χ4v) is 9.00. The monoisotopic (exact) mass is 421 g/mol. The third-order valence-corrected chi connectivity index (χ3v) is 10.9. The van der Waals surface area contributed by atoms with E-state index in [4.69, 9.17) is 4.43 Å². The molecule has 3 rings (SSSR count). The summed E-state index contributed by atoms with van der Waals surface area (Å²) in [5.74, 6) is 0.170. The molecular weight excluding hydrogens is 386 g/mol. The lowest BCUT2D eigenvalue weighted by atomic mass is 10.2. The highest BCUT2D eigenvalue weighted by Crippen LogP contribution is 2.36. The standard InChI is InChI=1S/C26H35NO2Si/c1-26(2,3)30(23-15-9-6-10-16-23,24-17-11-7-12-18-24)29-21-13-5-4-8-14-22-19-20-25(28)27-22/h6-12,14-18,22H,4-5,13,19-21H2,1-3H3,(H,27,28)/b14-8-/t22-/m1/s1. The van der Waals surface area contributed by atoms with Crippen LogP contribution in [0.25, 0.3) is 0 Å². The van der Waals surface area contributed by atoms with Gasteiger partial charge in [0.25, 0.3) is 8.32 Å². The fourth-order valence-electron chi connectivity index (χ4n) is 4.39. The second kappa shape index (κ2) is 10.2. The molecule has 2 aromatic rings. The van der Waals surface area contributed by atoms with E-state index in [1.54, 1.807) is 0 Å². The maximum Gasteiger partial charge on any atom is 0.261 e. The van der Waals surface area contributed by atoms with Crippen LogP contribution in [-0.2, 0) is 9.22 Å². The van der Waals surface area contributed by atoms with Gasteiger partial charge in [0, 0.05) is 19.1 Å². The van der Waals surface area contributed by atoms with E-state index in [0.29, 0.717) is 6.42 Å². The molecule has 1 fully saturated rings. The van der Waals surface area contributed by atoms with Gasteiger partial charge in [-0.05, 0) is 41.1 Å². The van der Waals surface area contributed by atoms with Crippen LogP contribution in [0.2, 0.25) is 5.04 Å². The smallest absolute Gasteiger partial charge is 0.261 e. The molecule has 0 bridgehead atoms. The quantitative estimate of drug-likeness (QED) is 0.366. The maximum atomic E-state index is 11.3. The molecule has 3 nitrogen and oxygen atoms in total. The summed E-state index contributed by atoms with van der Waals surface area (Å²) in [7, 11) is -2.41. The number of amides is 1. The van der Waals surface area contributed by atoms with Gasteiger partial charge in [0.1, 0.15) is 0 Å². The molecule has 160 valence electrons. The predicted molar refractivity (Wildman–Crippen MR) is 128 cm³/mol. The van der Waals surface area contributed by atoms with Crippen LogP contribution in [0.1, 0.15) is 52.9 Å². The molecule has 0 unspecified atom stereocenters. The summed E-state index contributed by atoms with van der Waals surface area (Å²) in [6.07, 6.45) is 9.08. The van der Waals surface area contributed by atoms with Gasteiger partial charge in [-0.25, -0.2) is 0 Å². The maximum absolute atomic E-state index is 11.3. The van der Waals surface area contributed by atoms with Gasteiger partial charge in [-0.1, -0.05) is 93.6 Å². The fraction of sp³-hybridized carbons (Fsp3) is 0.423. The highest BCUT2D eigenvalue weighted by atomic mass is 28.4. The molecule has 1 N–H and O–H groups in total. The minimum atomic E-state index is -2.41. The van der Waals surface area contributed by atoms with Crippen molar-refractivity contribution in [3.05, 3.63) is 72.8 Å². The lowest BCUT2D eigenvalue weighted by Crippen LogP contribution is -2.66. The summed E-state index contributed by atoms with van der Waals surface area (Å²) in [6.45, 7) is 7.72. The van der Waals surface area contributed by atoms with Crippen molar-refractivity contribution < 1.29 is 9.22 Å². The minimum absolute atomic E-state index is 0.0241. The average molecular weight is 422 g/mol. The minimum Gasteiger partial charge on any atom is -0.407 e. The number of rotatable bonds is 9. The highest BCUT2D eigenvalue weighted by molar-refractivity contribution is 6.99. The molecule has 0 aliphatic carbocycles. The van der Waals surface area contributed by atoms with Crippen molar-refractivity contribution in [3.63, 3.8) is 0 Å². The molecule has 1 amide bonds.